The van der Waals surface area contributed by atoms with Gasteiger partial charge in [-0.3, -0.25) is 9.59 Å². The predicted molar refractivity (Wildman–Crippen MR) is 88.5 cm³/mol. The van der Waals surface area contributed by atoms with Crippen LogP contribution in [0.15, 0.2) is 30.0 Å². The van der Waals surface area contributed by atoms with E-state index in [0.29, 0.717) is 17.8 Å². The van der Waals surface area contributed by atoms with Crippen molar-refractivity contribution in [3.8, 4) is 0 Å². The van der Waals surface area contributed by atoms with Crippen LogP contribution >= 0.6 is 11.6 Å². The van der Waals surface area contributed by atoms with Crippen molar-refractivity contribution in [3.05, 3.63) is 40.6 Å². The molecule has 0 heterocycles. The quantitative estimate of drug-likeness (QED) is 0.345. The van der Waals surface area contributed by atoms with E-state index in [2.05, 4.69) is 10.6 Å². The normalized spacial score (nSPS) is 10.9. The molecule has 0 spiro atoms. The van der Waals surface area contributed by atoms with Crippen molar-refractivity contribution >= 4 is 34.9 Å². The van der Waals surface area contributed by atoms with Gasteiger partial charge in [-0.25, -0.2) is 4.79 Å². The summed E-state index contributed by atoms with van der Waals surface area (Å²) < 4.78 is 4.81. The van der Waals surface area contributed by atoms with Gasteiger partial charge in [-0.1, -0.05) is 17.7 Å². The molecule has 0 aliphatic rings. The fourth-order valence-electron chi connectivity index (χ4n) is 1.74. The van der Waals surface area contributed by atoms with Gasteiger partial charge in [0.15, 0.2) is 5.78 Å². The fraction of sp³-hybridized carbons (Fsp3) is 0.312. The number of halogens is 1. The second-order valence-electron chi connectivity index (χ2n) is 4.51. The molecule has 0 radical (unpaired) electrons. The molecular weight excluding hydrogens is 320 g/mol. The summed E-state index contributed by atoms with van der Waals surface area (Å²) in [7, 11) is 0. The molecule has 1 aromatic rings. The van der Waals surface area contributed by atoms with E-state index < -0.39 is 11.8 Å². The number of ether oxygens (including phenoxy) is 1. The van der Waals surface area contributed by atoms with Crippen molar-refractivity contribution < 1.29 is 19.1 Å². The Hall–Kier alpha value is -2.34. The van der Waals surface area contributed by atoms with Crippen molar-refractivity contribution in [1.82, 2.24) is 5.32 Å². The molecule has 0 saturated heterocycles. The number of Topliss-reactive ketones (excluding diaryl/α,β-unsaturated/α-hetero) is 1. The third-order valence-corrected chi connectivity index (χ3v) is 3.23. The maximum atomic E-state index is 11.9. The minimum Gasteiger partial charge on any atom is -0.462 e. The number of rotatable bonds is 7. The standard InChI is InChI=1S/C16H19ClN2O4/c1-4-18-15(21)11-7-6-8-13(14(11)17)19-9-12(10(3)20)16(22)23-5-2/h6-9,19H,4-5H2,1-3H3,(H,18,21). The summed E-state index contributed by atoms with van der Waals surface area (Å²) in [6.07, 6.45) is 1.23. The van der Waals surface area contributed by atoms with Gasteiger partial charge in [-0.05, 0) is 32.9 Å². The Morgan fingerprint density at radius 1 is 1.26 bits per heavy atom. The van der Waals surface area contributed by atoms with Crippen molar-refractivity contribution in [1.29, 1.82) is 0 Å². The topological polar surface area (TPSA) is 84.5 Å². The summed E-state index contributed by atoms with van der Waals surface area (Å²) in [5.41, 5.74) is 0.567. The lowest BCUT2D eigenvalue weighted by Crippen LogP contribution is -2.23. The monoisotopic (exact) mass is 338 g/mol. The second-order valence-corrected chi connectivity index (χ2v) is 4.88. The second kappa shape index (κ2) is 8.95. The minimum atomic E-state index is -0.719. The maximum Gasteiger partial charge on any atom is 0.343 e. The summed E-state index contributed by atoms with van der Waals surface area (Å²) in [6, 6.07) is 4.86. The number of carbonyl (C=O) groups excluding carboxylic acids is 3. The van der Waals surface area contributed by atoms with E-state index in [1.54, 1.807) is 32.0 Å². The number of esters is 1. The van der Waals surface area contributed by atoms with Gasteiger partial charge in [0.2, 0.25) is 0 Å². The smallest absolute Gasteiger partial charge is 0.343 e. The van der Waals surface area contributed by atoms with E-state index >= 15 is 0 Å². The van der Waals surface area contributed by atoms with Gasteiger partial charge < -0.3 is 15.4 Å². The van der Waals surface area contributed by atoms with Crippen LogP contribution in [0.25, 0.3) is 0 Å². The minimum absolute atomic E-state index is 0.133. The molecule has 0 saturated carbocycles. The Kier molecular flexibility index (Phi) is 7.28. The first kappa shape index (κ1) is 18.7. The lowest BCUT2D eigenvalue weighted by molar-refractivity contribution is -0.139. The molecule has 0 aliphatic heterocycles. The van der Waals surface area contributed by atoms with Crippen LogP contribution in [0.5, 0.6) is 0 Å². The third-order valence-electron chi connectivity index (χ3n) is 2.83. The van der Waals surface area contributed by atoms with Crippen LogP contribution in [-0.4, -0.2) is 30.8 Å². The van der Waals surface area contributed by atoms with Gasteiger partial charge in [0, 0.05) is 12.7 Å². The molecule has 0 aromatic heterocycles. The number of hydrogen-bond acceptors (Lipinski definition) is 5. The molecule has 0 fully saturated rings. The molecule has 1 amide bonds. The van der Waals surface area contributed by atoms with Crippen molar-refractivity contribution in [2.45, 2.75) is 20.8 Å². The molecule has 1 aromatic carbocycles. The molecule has 0 bridgehead atoms. The molecular formula is C16H19ClN2O4. The zero-order chi connectivity index (χ0) is 17.4. The van der Waals surface area contributed by atoms with Crippen LogP contribution < -0.4 is 10.6 Å². The van der Waals surface area contributed by atoms with Crippen LogP contribution in [0.1, 0.15) is 31.1 Å². The van der Waals surface area contributed by atoms with Crippen LogP contribution in [0.2, 0.25) is 5.02 Å². The SMILES string of the molecule is CCNC(=O)c1cccc(NC=C(C(C)=O)C(=O)OCC)c1Cl. The van der Waals surface area contributed by atoms with Gasteiger partial charge >= 0.3 is 5.97 Å². The van der Waals surface area contributed by atoms with Crippen LogP contribution in [0, 0.1) is 0 Å². The van der Waals surface area contributed by atoms with Gasteiger partial charge in [-0.15, -0.1) is 0 Å². The summed E-state index contributed by atoms with van der Waals surface area (Å²) in [6.45, 7) is 5.35. The predicted octanol–water partition coefficient (Wildman–Crippen LogP) is 2.54. The highest BCUT2D eigenvalue weighted by atomic mass is 35.5. The molecule has 7 heteroatoms. The number of hydrogen-bond donors (Lipinski definition) is 2. The lowest BCUT2D eigenvalue weighted by atomic mass is 10.1. The molecule has 1 rings (SSSR count). The number of nitrogens with one attached hydrogen (secondary N) is 2. The van der Waals surface area contributed by atoms with Crippen molar-refractivity contribution in [2.75, 3.05) is 18.5 Å². The fourth-order valence-corrected chi connectivity index (χ4v) is 2.00. The molecule has 0 aliphatic carbocycles. The lowest BCUT2D eigenvalue weighted by Gasteiger charge is -2.10. The number of amides is 1. The third kappa shape index (κ3) is 5.10. The zero-order valence-corrected chi connectivity index (χ0v) is 14.0. The zero-order valence-electron chi connectivity index (χ0n) is 13.2. The first-order valence-corrected chi connectivity index (χ1v) is 7.51. The molecule has 124 valence electrons. The summed E-state index contributed by atoms with van der Waals surface area (Å²) in [5.74, 6) is -1.46. The van der Waals surface area contributed by atoms with Crippen molar-refractivity contribution in [3.63, 3.8) is 0 Å². The van der Waals surface area contributed by atoms with Gasteiger partial charge in [0.1, 0.15) is 5.57 Å². The number of anilines is 1. The highest BCUT2D eigenvalue weighted by Gasteiger charge is 2.16. The number of carbonyl (C=O) groups is 3. The average Bonchev–Trinajstić information content (AvgIpc) is 2.49. The molecule has 0 atom stereocenters. The Balaban J connectivity index is 3.06. The first-order chi connectivity index (χ1) is 10.9. The molecule has 0 unspecified atom stereocenters. The van der Waals surface area contributed by atoms with E-state index in [9.17, 15) is 14.4 Å². The van der Waals surface area contributed by atoms with Crippen molar-refractivity contribution in [2.24, 2.45) is 0 Å². The highest BCUT2D eigenvalue weighted by Crippen LogP contribution is 2.26. The molecule has 6 nitrogen and oxygen atoms in total. The Morgan fingerprint density at radius 2 is 1.96 bits per heavy atom. The average molecular weight is 339 g/mol. The van der Waals surface area contributed by atoms with Gasteiger partial charge in [-0.2, -0.15) is 0 Å². The Labute approximate surface area is 139 Å². The molecule has 23 heavy (non-hydrogen) atoms. The first-order valence-electron chi connectivity index (χ1n) is 7.13. The van der Waals surface area contributed by atoms with Gasteiger partial charge in [0.25, 0.3) is 5.91 Å². The summed E-state index contributed by atoms with van der Waals surface area (Å²) >= 11 is 6.19. The Morgan fingerprint density at radius 3 is 2.52 bits per heavy atom. The van der Waals surface area contributed by atoms with Gasteiger partial charge in [0.05, 0.1) is 22.9 Å². The van der Waals surface area contributed by atoms with E-state index in [1.807, 2.05) is 0 Å². The van der Waals surface area contributed by atoms with Crippen LogP contribution in [0.3, 0.4) is 0 Å². The largest absolute Gasteiger partial charge is 0.462 e. The van der Waals surface area contributed by atoms with E-state index in [1.165, 1.54) is 13.1 Å². The highest BCUT2D eigenvalue weighted by molar-refractivity contribution is 6.36. The summed E-state index contributed by atoms with van der Waals surface area (Å²) in [4.78, 5) is 35.1. The van der Waals surface area contributed by atoms with E-state index in [-0.39, 0.29) is 23.1 Å². The van der Waals surface area contributed by atoms with Crippen LogP contribution in [-0.2, 0) is 14.3 Å². The summed E-state index contributed by atoms with van der Waals surface area (Å²) in [5, 5.41) is 5.62. The van der Waals surface area contributed by atoms with E-state index in [4.69, 9.17) is 16.3 Å². The van der Waals surface area contributed by atoms with Crippen LogP contribution in [0.4, 0.5) is 5.69 Å². The van der Waals surface area contributed by atoms with E-state index in [0.717, 1.165) is 0 Å². The number of ketones is 1. The Bertz CT molecular complexity index is 641. The molecule has 2 N–H and O–H groups in total. The number of benzene rings is 1. The maximum absolute atomic E-state index is 11.9.